The highest BCUT2D eigenvalue weighted by Gasteiger charge is 2.67. The standard InChI is InChI=1S/C30H43NO4S/c1-8-30-16-14-28(5)21-17-22(32)25(33)19(2)20(21)9-10-23(28)29(30,6)15-12-26(3)11-13-27(4,18-24(26)30)31-36(7,34)35/h9-10,17,24,31,33H,8,11-16,18H2,1-7H3/t24-,26-,27-,28+,29-,30+/m1/s1. The Hall–Kier alpha value is -1.66. The van der Waals surface area contributed by atoms with E-state index in [1.807, 2.05) is 6.92 Å². The number of carbonyl (C=O) groups excluding carboxylic acids is 1. The molecule has 0 radical (unpaired) electrons. The molecule has 0 aromatic heterocycles. The van der Waals surface area contributed by atoms with Crippen LogP contribution in [0.4, 0.5) is 0 Å². The highest BCUT2D eigenvalue weighted by molar-refractivity contribution is 7.88. The van der Waals surface area contributed by atoms with Crippen LogP contribution < -0.4 is 4.72 Å². The van der Waals surface area contributed by atoms with Crippen LogP contribution in [0.15, 0.2) is 46.3 Å². The first kappa shape index (κ1) is 26.0. The van der Waals surface area contributed by atoms with E-state index in [0.29, 0.717) is 11.5 Å². The largest absolute Gasteiger partial charge is 0.504 e. The maximum Gasteiger partial charge on any atom is 0.220 e. The number of carbonyl (C=O) groups is 1. The van der Waals surface area contributed by atoms with E-state index in [4.69, 9.17) is 0 Å². The predicted octanol–water partition coefficient (Wildman–Crippen LogP) is 6.30. The monoisotopic (exact) mass is 513 g/mol. The van der Waals surface area contributed by atoms with Gasteiger partial charge in [0.25, 0.3) is 0 Å². The fourth-order valence-electron chi connectivity index (χ4n) is 9.57. The Labute approximate surface area is 217 Å². The molecule has 0 aromatic carbocycles. The number of fused-ring (bicyclic) bond motifs is 7. The van der Waals surface area contributed by atoms with Crippen LogP contribution in [0, 0.1) is 27.6 Å². The summed E-state index contributed by atoms with van der Waals surface area (Å²) in [5, 5.41) is 10.3. The second-order valence-electron chi connectivity index (χ2n) is 13.6. The van der Waals surface area contributed by atoms with Crippen LogP contribution in [0.3, 0.4) is 0 Å². The summed E-state index contributed by atoms with van der Waals surface area (Å²) in [4.78, 5) is 12.7. The Morgan fingerprint density at radius 3 is 2.33 bits per heavy atom. The van der Waals surface area contributed by atoms with E-state index in [2.05, 4.69) is 51.5 Å². The van der Waals surface area contributed by atoms with Crippen molar-refractivity contribution in [3.8, 4) is 0 Å². The summed E-state index contributed by atoms with van der Waals surface area (Å²) in [6.45, 7) is 13.5. The number of aliphatic hydroxyl groups excluding tert-OH is 1. The summed E-state index contributed by atoms with van der Waals surface area (Å²) in [5.74, 6) is -0.0142. The van der Waals surface area contributed by atoms with Crippen molar-refractivity contribution in [3.63, 3.8) is 0 Å². The van der Waals surface area contributed by atoms with E-state index in [1.54, 1.807) is 6.08 Å². The van der Waals surface area contributed by atoms with E-state index in [0.717, 1.165) is 62.5 Å². The molecule has 0 aliphatic heterocycles. The van der Waals surface area contributed by atoms with Gasteiger partial charge in [0, 0.05) is 16.5 Å². The molecule has 0 bridgehead atoms. The van der Waals surface area contributed by atoms with Crippen LogP contribution in [0.25, 0.3) is 0 Å². The fraction of sp³-hybridized carbons (Fsp3) is 0.700. The third kappa shape index (κ3) is 3.35. The van der Waals surface area contributed by atoms with Crippen LogP contribution in [-0.2, 0) is 14.8 Å². The molecule has 0 amide bonds. The van der Waals surface area contributed by atoms with Gasteiger partial charge in [0.15, 0.2) is 5.76 Å². The fourth-order valence-corrected chi connectivity index (χ4v) is 10.6. The number of aliphatic hydroxyl groups is 1. The lowest BCUT2D eigenvalue weighted by molar-refractivity contribution is -0.164. The first-order valence-corrected chi connectivity index (χ1v) is 15.5. The minimum absolute atomic E-state index is 0.0503. The highest BCUT2D eigenvalue weighted by atomic mass is 32.2. The number of hydrogen-bond donors (Lipinski definition) is 2. The summed E-state index contributed by atoms with van der Waals surface area (Å²) in [7, 11) is -3.30. The summed E-state index contributed by atoms with van der Waals surface area (Å²) < 4.78 is 27.6. The molecule has 0 heterocycles. The van der Waals surface area contributed by atoms with Crippen molar-refractivity contribution in [3.05, 3.63) is 46.3 Å². The van der Waals surface area contributed by atoms with Crippen molar-refractivity contribution < 1.29 is 18.3 Å². The molecule has 3 saturated carbocycles. The average Bonchev–Trinajstić information content (AvgIpc) is 2.78. The first-order valence-electron chi connectivity index (χ1n) is 13.6. The molecule has 0 spiro atoms. The van der Waals surface area contributed by atoms with Crippen molar-refractivity contribution in [1.82, 2.24) is 4.72 Å². The van der Waals surface area contributed by atoms with Crippen molar-refractivity contribution in [1.29, 1.82) is 0 Å². The topological polar surface area (TPSA) is 83.5 Å². The quantitative estimate of drug-likeness (QED) is 0.464. The van der Waals surface area contributed by atoms with Gasteiger partial charge >= 0.3 is 0 Å². The molecule has 6 heteroatoms. The van der Waals surface area contributed by atoms with E-state index in [-0.39, 0.29) is 33.2 Å². The van der Waals surface area contributed by atoms with Crippen LogP contribution in [0.2, 0.25) is 0 Å². The summed E-state index contributed by atoms with van der Waals surface area (Å²) in [5.41, 5.74) is 3.69. The zero-order valence-corrected chi connectivity index (χ0v) is 23.9. The molecule has 2 N–H and O–H groups in total. The third-order valence-electron chi connectivity index (χ3n) is 11.6. The normalized spacial score (nSPS) is 44.5. The molecule has 198 valence electrons. The lowest BCUT2D eigenvalue weighted by Crippen LogP contribution is -2.65. The van der Waals surface area contributed by atoms with Gasteiger partial charge < -0.3 is 5.11 Å². The number of rotatable bonds is 3. The molecular weight excluding hydrogens is 470 g/mol. The van der Waals surface area contributed by atoms with Gasteiger partial charge in [0.05, 0.1) is 6.26 Å². The van der Waals surface area contributed by atoms with E-state index >= 15 is 0 Å². The van der Waals surface area contributed by atoms with Gasteiger partial charge in [-0.1, -0.05) is 45.4 Å². The number of hydrogen-bond acceptors (Lipinski definition) is 4. The predicted molar refractivity (Wildman–Crippen MR) is 144 cm³/mol. The van der Waals surface area contributed by atoms with Crippen molar-refractivity contribution in [2.45, 2.75) is 98.4 Å². The molecule has 36 heavy (non-hydrogen) atoms. The van der Waals surface area contributed by atoms with Crippen LogP contribution >= 0.6 is 0 Å². The Kier molecular flexibility index (Phi) is 5.55. The van der Waals surface area contributed by atoms with Gasteiger partial charge in [-0.3, -0.25) is 4.79 Å². The van der Waals surface area contributed by atoms with Crippen molar-refractivity contribution in [2.24, 2.45) is 27.6 Å². The molecule has 5 nitrogen and oxygen atoms in total. The second kappa shape index (κ2) is 7.69. The van der Waals surface area contributed by atoms with E-state index in [1.165, 1.54) is 11.8 Å². The summed E-state index contributed by atoms with van der Waals surface area (Å²) in [6, 6.07) is 0. The Bertz CT molecular complexity index is 1270. The highest BCUT2D eigenvalue weighted by Crippen LogP contribution is 2.76. The minimum atomic E-state index is -3.30. The van der Waals surface area contributed by atoms with Gasteiger partial charge in [-0.25, -0.2) is 13.1 Å². The molecular formula is C30H43NO4S. The van der Waals surface area contributed by atoms with Crippen LogP contribution in [0.5, 0.6) is 0 Å². The molecule has 3 fully saturated rings. The van der Waals surface area contributed by atoms with Crippen LogP contribution in [-0.4, -0.2) is 31.1 Å². The number of allylic oxidation sites excluding steroid dienone is 7. The average molecular weight is 514 g/mol. The minimum Gasteiger partial charge on any atom is -0.504 e. The van der Waals surface area contributed by atoms with Gasteiger partial charge in [0.2, 0.25) is 15.8 Å². The van der Waals surface area contributed by atoms with Gasteiger partial charge in [0.1, 0.15) is 0 Å². The first-order chi connectivity index (χ1) is 16.5. The molecule has 0 unspecified atom stereocenters. The summed E-state index contributed by atoms with van der Waals surface area (Å²) >= 11 is 0. The summed E-state index contributed by atoms with van der Waals surface area (Å²) in [6.07, 6.45) is 15.5. The molecule has 5 aliphatic rings. The Morgan fingerprint density at radius 2 is 1.69 bits per heavy atom. The van der Waals surface area contributed by atoms with Gasteiger partial charge in [-0.05, 0) is 105 Å². The number of sulfonamides is 1. The SMILES string of the molecule is CC[C@@]12CC[C@@]3(C)C4=CC(=O)C(O)=C(C)C4=CC=C3[C@@]1(C)CC[C@@]1(C)CC[C@@](C)(NS(C)(=O)=O)C[C@H]12. The lowest BCUT2D eigenvalue weighted by atomic mass is 9.34. The lowest BCUT2D eigenvalue weighted by Gasteiger charge is -2.71. The molecule has 6 atom stereocenters. The molecule has 5 aliphatic carbocycles. The third-order valence-corrected chi connectivity index (χ3v) is 12.5. The number of nitrogens with one attached hydrogen (secondary N) is 1. The van der Waals surface area contributed by atoms with Gasteiger partial charge in [-0.2, -0.15) is 0 Å². The Morgan fingerprint density at radius 1 is 1.03 bits per heavy atom. The maximum atomic E-state index is 12.7. The Balaban J connectivity index is 1.64. The second-order valence-corrected chi connectivity index (χ2v) is 15.3. The molecule has 0 aromatic rings. The zero-order valence-electron chi connectivity index (χ0n) is 23.0. The van der Waals surface area contributed by atoms with Crippen LogP contribution in [0.1, 0.15) is 92.9 Å². The van der Waals surface area contributed by atoms with Gasteiger partial charge in [-0.15, -0.1) is 0 Å². The van der Waals surface area contributed by atoms with E-state index < -0.39 is 15.6 Å². The smallest absolute Gasteiger partial charge is 0.220 e. The zero-order chi connectivity index (χ0) is 26.5. The molecule has 5 rings (SSSR count). The number of ketones is 1. The van der Waals surface area contributed by atoms with Crippen molar-refractivity contribution in [2.75, 3.05) is 6.26 Å². The van der Waals surface area contributed by atoms with Crippen molar-refractivity contribution >= 4 is 15.8 Å². The molecule has 0 saturated heterocycles. The van der Waals surface area contributed by atoms with E-state index in [9.17, 15) is 18.3 Å². The maximum absolute atomic E-state index is 12.7.